The first-order chi connectivity index (χ1) is 9.22. The number of likely N-dealkylation sites (N-methyl/N-ethyl adjacent to an activating group) is 1. The van der Waals surface area contributed by atoms with Gasteiger partial charge in [0.05, 0.1) is 25.7 Å². The Labute approximate surface area is 118 Å². The third-order valence-corrected chi connectivity index (χ3v) is 4.88. The maximum atomic E-state index is 12.4. The average molecular weight is 280 g/mol. The smallest absolute Gasteiger partial charge is 0.227 e. The fourth-order valence-corrected chi connectivity index (χ4v) is 3.62. The molecule has 4 nitrogen and oxygen atoms in total. The van der Waals surface area contributed by atoms with E-state index in [9.17, 15) is 4.79 Å². The Morgan fingerprint density at radius 2 is 2.32 bits per heavy atom. The topological polar surface area (TPSA) is 32.8 Å². The molecule has 0 unspecified atom stereocenters. The zero-order valence-electron chi connectivity index (χ0n) is 11.2. The SMILES string of the molecule is CN1C[C@H]2COC[C@@H]1CN(C(=O)Cc1cccs1)C2. The molecule has 5 heteroatoms. The minimum atomic E-state index is 0.259. The molecule has 1 amide bonds. The second-order valence-corrected chi connectivity index (χ2v) is 6.58. The molecular weight excluding hydrogens is 260 g/mol. The molecule has 3 heterocycles. The van der Waals surface area contributed by atoms with E-state index in [0.717, 1.165) is 37.7 Å². The van der Waals surface area contributed by atoms with Crippen LogP contribution >= 0.6 is 11.3 Å². The van der Waals surface area contributed by atoms with Crippen molar-refractivity contribution in [2.45, 2.75) is 12.5 Å². The summed E-state index contributed by atoms with van der Waals surface area (Å²) in [6, 6.07) is 4.39. The minimum absolute atomic E-state index is 0.259. The number of thiophene rings is 1. The largest absolute Gasteiger partial charge is 0.379 e. The van der Waals surface area contributed by atoms with Crippen molar-refractivity contribution >= 4 is 17.2 Å². The van der Waals surface area contributed by atoms with Gasteiger partial charge in [-0.1, -0.05) is 6.07 Å². The maximum Gasteiger partial charge on any atom is 0.227 e. The van der Waals surface area contributed by atoms with Crippen LogP contribution in [0, 0.1) is 5.92 Å². The lowest BCUT2D eigenvalue weighted by molar-refractivity contribution is -0.132. The summed E-state index contributed by atoms with van der Waals surface area (Å²) in [4.78, 5) is 18.0. The lowest BCUT2D eigenvalue weighted by Crippen LogP contribution is -2.45. The number of carbonyl (C=O) groups is 1. The Kier molecular flexibility index (Phi) is 3.86. The van der Waals surface area contributed by atoms with Gasteiger partial charge >= 0.3 is 0 Å². The number of nitrogens with zero attached hydrogens (tertiary/aromatic N) is 2. The van der Waals surface area contributed by atoms with E-state index in [0.29, 0.717) is 18.4 Å². The highest BCUT2D eigenvalue weighted by atomic mass is 32.1. The minimum Gasteiger partial charge on any atom is -0.379 e. The Bertz CT molecular complexity index is 435. The molecule has 2 aliphatic rings. The van der Waals surface area contributed by atoms with Gasteiger partial charge in [0.1, 0.15) is 0 Å². The molecule has 2 fully saturated rings. The van der Waals surface area contributed by atoms with E-state index >= 15 is 0 Å². The predicted molar refractivity (Wildman–Crippen MR) is 75.3 cm³/mol. The van der Waals surface area contributed by atoms with Gasteiger partial charge in [-0.2, -0.15) is 0 Å². The maximum absolute atomic E-state index is 12.4. The third-order valence-electron chi connectivity index (χ3n) is 4.00. The van der Waals surface area contributed by atoms with Crippen molar-refractivity contribution in [3.8, 4) is 0 Å². The second-order valence-electron chi connectivity index (χ2n) is 5.55. The van der Waals surface area contributed by atoms with Crippen LogP contribution in [0.2, 0.25) is 0 Å². The normalized spacial score (nSPS) is 28.2. The van der Waals surface area contributed by atoms with Crippen molar-refractivity contribution in [2.24, 2.45) is 5.92 Å². The molecule has 19 heavy (non-hydrogen) atoms. The number of fused-ring (bicyclic) bond motifs is 3. The molecular formula is C14H20N2O2S. The number of rotatable bonds is 2. The van der Waals surface area contributed by atoms with Crippen LogP contribution in [0.1, 0.15) is 4.88 Å². The summed E-state index contributed by atoms with van der Waals surface area (Å²) in [7, 11) is 2.14. The summed E-state index contributed by atoms with van der Waals surface area (Å²) in [5, 5.41) is 2.03. The standard InChI is InChI=1S/C14H20N2O2S/c1-15-6-11-7-16(8-12(15)10-18-9-11)14(17)5-13-3-2-4-19-13/h2-4,11-12H,5-10H2,1H3/t11-,12+/m1/s1. The van der Waals surface area contributed by atoms with E-state index in [-0.39, 0.29) is 5.91 Å². The first-order valence-electron chi connectivity index (χ1n) is 6.80. The first kappa shape index (κ1) is 13.1. The summed E-state index contributed by atoms with van der Waals surface area (Å²) < 4.78 is 5.69. The van der Waals surface area contributed by atoms with E-state index in [4.69, 9.17) is 4.74 Å². The molecule has 3 rings (SSSR count). The summed E-state index contributed by atoms with van der Waals surface area (Å²) >= 11 is 1.66. The van der Waals surface area contributed by atoms with Crippen molar-refractivity contribution in [3.63, 3.8) is 0 Å². The Morgan fingerprint density at radius 1 is 1.42 bits per heavy atom. The van der Waals surface area contributed by atoms with Crippen molar-refractivity contribution in [1.82, 2.24) is 9.80 Å². The van der Waals surface area contributed by atoms with Crippen molar-refractivity contribution in [1.29, 1.82) is 0 Å². The highest BCUT2D eigenvalue weighted by Crippen LogP contribution is 2.19. The number of hydrogen-bond donors (Lipinski definition) is 0. The van der Waals surface area contributed by atoms with Crippen LogP contribution in [0.15, 0.2) is 17.5 Å². The molecule has 0 aliphatic carbocycles. The number of hydrogen-bond acceptors (Lipinski definition) is 4. The summed E-state index contributed by atoms with van der Waals surface area (Å²) in [6.07, 6.45) is 0.543. The van der Waals surface area contributed by atoms with Gasteiger partial charge < -0.3 is 9.64 Å². The Morgan fingerprint density at radius 3 is 3.11 bits per heavy atom. The lowest BCUT2D eigenvalue weighted by atomic mass is 10.1. The summed E-state index contributed by atoms with van der Waals surface area (Å²) in [6.45, 7) is 4.20. The van der Waals surface area contributed by atoms with Gasteiger partial charge in [-0.3, -0.25) is 9.69 Å². The number of carbonyl (C=O) groups excluding carboxylic acids is 1. The van der Waals surface area contributed by atoms with Gasteiger partial charge in [-0.25, -0.2) is 0 Å². The van der Waals surface area contributed by atoms with Gasteiger partial charge in [0.25, 0.3) is 0 Å². The van der Waals surface area contributed by atoms with Crippen molar-refractivity contribution in [3.05, 3.63) is 22.4 Å². The molecule has 0 aromatic carbocycles. The van der Waals surface area contributed by atoms with E-state index in [2.05, 4.69) is 11.9 Å². The fraction of sp³-hybridized carbons (Fsp3) is 0.643. The quantitative estimate of drug-likeness (QED) is 0.813. The van der Waals surface area contributed by atoms with E-state index in [1.807, 2.05) is 22.4 Å². The van der Waals surface area contributed by atoms with E-state index in [1.54, 1.807) is 11.3 Å². The Balaban J connectivity index is 1.69. The van der Waals surface area contributed by atoms with E-state index in [1.165, 1.54) is 0 Å². The van der Waals surface area contributed by atoms with Crippen molar-refractivity contribution < 1.29 is 9.53 Å². The molecule has 0 radical (unpaired) electrons. The molecule has 2 saturated heterocycles. The molecule has 0 spiro atoms. The first-order valence-corrected chi connectivity index (χ1v) is 7.68. The van der Waals surface area contributed by atoms with Crippen LogP contribution in [0.5, 0.6) is 0 Å². The van der Waals surface area contributed by atoms with E-state index < -0.39 is 0 Å². The Hall–Kier alpha value is -0.910. The summed E-state index contributed by atoms with van der Waals surface area (Å²) in [5.74, 6) is 0.708. The van der Waals surface area contributed by atoms with Crippen LogP contribution in [-0.4, -0.2) is 61.6 Å². The number of amides is 1. The molecule has 0 N–H and O–H groups in total. The van der Waals surface area contributed by atoms with Crippen molar-refractivity contribution in [2.75, 3.05) is 39.9 Å². The van der Waals surface area contributed by atoms with Crippen LogP contribution in [0.4, 0.5) is 0 Å². The monoisotopic (exact) mass is 280 g/mol. The lowest BCUT2D eigenvalue weighted by Gasteiger charge is -2.29. The van der Waals surface area contributed by atoms with Gasteiger partial charge in [0, 0.05) is 30.4 Å². The molecule has 1 aromatic heterocycles. The van der Waals surface area contributed by atoms with Gasteiger partial charge in [-0.15, -0.1) is 11.3 Å². The van der Waals surface area contributed by atoms with Gasteiger partial charge in [0.2, 0.25) is 5.91 Å². The molecule has 104 valence electrons. The third kappa shape index (κ3) is 2.99. The van der Waals surface area contributed by atoms with Crippen LogP contribution in [-0.2, 0) is 16.0 Å². The highest BCUT2D eigenvalue weighted by Gasteiger charge is 2.33. The molecule has 1 aromatic rings. The average Bonchev–Trinajstić information content (AvgIpc) is 2.72. The predicted octanol–water partition coefficient (Wildman–Crippen LogP) is 1.08. The van der Waals surface area contributed by atoms with Gasteiger partial charge in [0.15, 0.2) is 0 Å². The molecule has 2 aliphatic heterocycles. The zero-order chi connectivity index (χ0) is 13.2. The van der Waals surface area contributed by atoms with Gasteiger partial charge in [-0.05, 0) is 18.5 Å². The molecule has 0 saturated carbocycles. The summed E-state index contributed by atoms with van der Waals surface area (Å²) in [5.41, 5.74) is 0. The zero-order valence-corrected chi connectivity index (χ0v) is 12.1. The van der Waals surface area contributed by atoms with Crippen LogP contribution in [0.3, 0.4) is 0 Å². The van der Waals surface area contributed by atoms with Crippen LogP contribution < -0.4 is 0 Å². The second kappa shape index (κ2) is 5.61. The van der Waals surface area contributed by atoms with Crippen LogP contribution in [0.25, 0.3) is 0 Å². The number of ether oxygens (including phenoxy) is 1. The highest BCUT2D eigenvalue weighted by molar-refractivity contribution is 7.10. The molecule has 2 bridgehead atoms. The molecule has 2 atom stereocenters. The fourth-order valence-electron chi connectivity index (χ4n) is 2.93.